The third-order valence-corrected chi connectivity index (χ3v) is 2.69. The molecule has 0 radical (unpaired) electrons. The van der Waals surface area contributed by atoms with Crippen molar-refractivity contribution >= 4 is 17.3 Å². The van der Waals surface area contributed by atoms with Crippen molar-refractivity contribution in [2.75, 3.05) is 10.7 Å². The number of nitrogens with zero attached hydrogens (tertiary/aromatic N) is 2. The largest absolute Gasteiger partial charge is 0.337 e. The Labute approximate surface area is 104 Å². The van der Waals surface area contributed by atoms with Crippen LogP contribution in [0.25, 0.3) is 0 Å². The predicted octanol–water partition coefficient (Wildman–Crippen LogP) is 2.26. The Morgan fingerprint density at radius 2 is 1.89 bits per heavy atom. The van der Waals surface area contributed by atoms with E-state index in [-0.39, 0.29) is 5.82 Å². The second-order valence-corrected chi connectivity index (χ2v) is 3.90. The average molecular weight is 247 g/mol. The standard InChI is InChI=1S/C12H14FN5/c1-7-4-3-5-9(13)10(7)17-11-8(2)12(18-14)16-6-15-11/h3-6H,14H2,1-2H3,(H2,15,16,17,18). The molecule has 0 aliphatic heterocycles. The summed E-state index contributed by atoms with van der Waals surface area (Å²) in [6, 6.07) is 4.88. The SMILES string of the molecule is Cc1cccc(F)c1Nc1ncnc(NN)c1C. The van der Waals surface area contributed by atoms with Crippen LogP contribution < -0.4 is 16.6 Å². The number of para-hydroxylation sites is 1. The van der Waals surface area contributed by atoms with Gasteiger partial charge in [-0.25, -0.2) is 20.2 Å². The summed E-state index contributed by atoms with van der Waals surface area (Å²) >= 11 is 0. The first-order valence-corrected chi connectivity index (χ1v) is 5.44. The molecule has 0 saturated heterocycles. The Morgan fingerprint density at radius 1 is 1.17 bits per heavy atom. The molecule has 5 nitrogen and oxygen atoms in total. The molecule has 1 aromatic carbocycles. The minimum atomic E-state index is -0.324. The monoisotopic (exact) mass is 247 g/mol. The highest BCUT2D eigenvalue weighted by Gasteiger charge is 2.10. The topological polar surface area (TPSA) is 75.9 Å². The van der Waals surface area contributed by atoms with Crippen molar-refractivity contribution in [2.24, 2.45) is 5.84 Å². The van der Waals surface area contributed by atoms with Gasteiger partial charge >= 0.3 is 0 Å². The Bertz CT molecular complexity index is 550. The quantitative estimate of drug-likeness (QED) is 0.573. The van der Waals surface area contributed by atoms with E-state index >= 15 is 0 Å². The van der Waals surface area contributed by atoms with Crippen molar-refractivity contribution in [3.63, 3.8) is 0 Å². The summed E-state index contributed by atoms with van der Waals surface area (Å²) in [5.41, 5.74) is 4.40. The zero-order valence-electron chi connectivity index (χ0n) is 10.2. The molecule has 0 aliphatic rings. The Kier molecular flexibility index (Phi) is 3.38. The lowest BCUT2D eigenvalue weighted by atomic mass is 10.2. The number of hydrogen-bond acceptors (Lipinski definition) is 5. The van der Waals surface area contributed by atoms with Crippen molar-refractivity contribution in [3.05, 3.63) is 41.5 Å². The number of rotatable bonds is 3. The lowest BCUT2D eigenvalue weighted by Gasteiger charge is -2.13. The summed E-state index contributed by atoms with van der Waals surface area (Å²) < 4.78 is 13.7. The van der Waals surface area contributed by atoms with Gasteiger partial charge in [0.15, 0.2) is 0 Å². The molecule has 0 atom stereocenters. The van der Waals surface area contributed by atoms with Crippen molar-refractivity contribution < 1.29 is 4.39 Å². The predicted molar refractivity (Wildman–Crippen MR) is 69.0 cm³/mol. The van der Waals surface area contributed by atoms with Crippen molar-refractivity contribution in [1.82, 2.24) is 9.97 Å². The summed E-state index contributed by atoms with van der Waals surface area (Å²) in [4.78, 5) is 8.04. The maximum atomic E-state index is 13.7. The normalized spacial score (nSPS) is 10.2. The maximum Gasteiger partial charge on any atom is 0.148 e. The first kappa shape index (κ1) is 12.3. The number of nitrogens with one attached hydrogen (secondary N) is 2. The molecule has 6 heteroatoms. The van der Waals surface area contributed by atoms with Crippen molar-refractivity contribution in [2.45, 2.75) is 13.8 Å². The fraction of sp³-hybridized carbons (Fsp3) is 0.167. The number of nitrogen functional groups attached to an aromatic ring is 1. The van der Waals surface area contributed by atoms with Gasteiger partial charge in [-0.3, -0.25) is 0 Å². The Balaban J connectivity index is 2.40. The van der Waals surface area contributed by atoms with Crippen molar-refractivity contribution in [3.8, 4) is 0 Å². The molecule has 0 amide bonds. The van der Waals surface area contributed by atoms with Gasteiger partial charge in [0.2, 0.25) is 0 Å². The van der Waals surface area contributed by atoms with Crippen LogP contribution in [-0.4, -0.2) is 9.97 Å². The lowest BCUT2D eigenvalue weighted by molar-refractivity contribution is 0.630. The van der Waals surface area contributed by atoms with Crippen LogP contribution in [0.2, 0.25) is 0 Å². The van der Waals surface area contributed by atoms with Crippen LogP contribution in [-0.2, 0) is 0 Å². The van der Waals surface area contributed by atoms with Crippen LogP contribution in [0.1, 0.15) is 11.1 Å². The molecular weight excluding hydrogens is 233 g/mol. The molecule has 94 valence electrons. The number of halogens is 1. The number of nitrogens with two attached hydrogens (primary N) is 1. The van der Waals surface area contributed by atoms with E-state index < -0.39 is 0 Å². The number of benzene rings is 1. The van der Waals surface area contributed by atoms with Gasteiger partial charge in [0.05, 0.1) is 5.69 Å². The molecule has 0 saturated carbocycles. The van der Waals surface area contributed by atoms with E-state index in [0.717, 1.165) is 11.1 Å². The van der Waals surface area contributed by atoms with Crippen LogP contribution in [0.4, 0.5) is 21.7 Å². The van der Waals surface area contributed by atoms with Crippen LogP contribution in [0.3, 0.4) is 0 Å². The molecule has 0 fully saturated rings. The van der Waals surface area contributed by atoms with E-state index in [1.165, 1.54) is 12.4 Å². The molecular formula is C12H14FN5. The highest BCUT2D eigenvalue weighted by Crippen LogP contribution is 2.26. The summed E-state index contributed by atoms with van der Waals surface area (Å²) in [5.74, 6) is 6.03. The third-order valence-electron chi connectivity index (χ3n) is 2.69. The second kappa shape index (κ2) is 4.97. The molecule has 4 N–H and O–H groups in total. The van der Waals surface area contributed by atoms with Crippen LogP contribution in [0.15, 0.2) is 24.5 Å². The fourth-order valence-electron chi connectivity index (χ4n) is 1.63. The summed E-state index contributed by atoms with van der Waals surface area (Å²) in [6.45, 7) is 3.62. The molecule has 0 unspecified atom stereocenters. The van der Waals surface area contributed by atoms with Gasteiger partial charge in [-0.1, -0.05) is 12.1 Å². The number of hydrogen-bond donors (Lipinski definition) is 3. The van der Waals surface area contributed by atoms with Gasteiger partial charge in [-0.15, -0.1) is 0 Å². The van der Waals surface area contributed by atoms with Gasteiger partial charge in [-0.05, 0) is 25.5 Å². The minimum absolute atomic E-state index is 0.324. The first-order chi connectivity index (χ1) is 8.63. The minimum Gasteiger partial charge on any atom is -0.337 e. The summed E-state index contributed by atoms with van der Waals surface area (Å²) in [6.07, 6.45) is 1.36. The van der Waals surface area contributed by atoms with Crippen LogP contribution >= 0.6 is 0 Å². The second-order valence-electron chi connectivity index (χ2n) is 3.90. The van der Waals surface area contributed by atoms with E-state index in [4.69, 9.17) is 5.84 Å². The molecule has 2 rings (SSSR count). The smallest absolute Gasteiger partial charge is 0.148 e. The van der Waals surface area contributed by atoms with Gasteiger partial charge < -0.3 is 10.7 Å². The summed E-state index contributed by atoms with van der Waals surface area (Å²) in [7, 11) is 0. The average Bonchev–Trinajstić information content (AvgIpc) is 2.36. The fourth-order valence-corrected chi connectivity index (χ4v) is 1.63. The van der Waals surface area contributed by atoms with E-state index in [1.807, 2.05) is 13.0 Å². The summed E-state index contributed by atoms with van der Waals surface area (Å²) in [5, 5.41) is 2.96. The zero-order valence-corrected chi connectivity index (χ0v) is 10.2. The van der Waals surface area contributed by atoms with E-state index in [0.29, 0.717) is 17.3 Å². The number of hydrazine groups is 1. The highest BCUT2D eigenvalue weighted by atomic mass is 19.1. The van der Waals surface area contributed by atoms with Crippen LogP contribution in [0.5, 0.6) is 0 Å². The molecule has 1 heterocycles. The molecule has 2 aromatic rings. The molecule has 0 spiro atoms. The van der Waals surface area contributed by atoms with Crippen LogP contribution in [0, 0.1) is 19.7 Å². The molecule has 1 aromatic heterocycles. The third kappa shape index (κ3) is 2.23. The number of aromatic nitrogens is 2. The Morgan fingerprint density at radius 3 is 2.56 bits per heavy atom. The van der Waals surface area contributed by atoms with Gasteiger partial charge in [0.1, 0.15) is 23.8 Å². The highest BCUT2D eigenvalue weighted by molar-refractivity contribution is 5.66. The van der Waals surface area contributed by atoms with Gasteiger partial charge in [-0.2, -0.15) is 0 Å². The maximum absolute atomic E-state index is 13.7. The molecule has 0 aliphatic carbocycles. The molecule has 18 heavy (non-hydrogen) atoms. The first-order valence-electron chi connectivity index (χ1n) is 5.44. The van der Waals surface area contributed by atoms with Gasteiger partial charge in [0, 0.05) is 5.56 Å². The van der Waals surface area contributed by atoms with Crippen molar-refractivity contribution in [1.29, 1.82) is 0 Å². The van der Waals surface area contributed by atoms with E-state index in [1.54, 1.807) is 13.0 Å². The number of anilines is 3. The Hall–Kier alpha value is -2.21. The zero-order chi connectivity index (χ0) is 13.1. The van der Waals surface area contributed by atoms with E-state index in [2.05, 4.69) is 20.7 Å². The lowest BCUT2D eigenvalue weighted by Crippen LogP contribution is -2.12. The van der Waals surface area contributed by atoms with Gasteiger partial charge in [0.25, 0.3) is 0 Å². The molecule has 0 bridgehead atoms. The number of aryl methyl sites for hydroxylation is 1. The van der Waals surface area contributed by atoms with E-state index in [9.17, 15) is 4.39 Å².